The van der Waals surface area contributed by atoms with Crippen molar-refractivity contribution in [1.29, 1.82) is 10.5 Å². The second kappa shape index (κ2) is 14.7. The van der Waals surface area contributed by atoms with Gasteiger partial charge >= 0.3 is 0 Å². The van der Waals surface area contributed by atoms with Crippen LogP contribution in [0.1, 0.15) is 39.3 Å². The van der Waals surface area contributed by atoms with Crippen molar-refractivity contribution in [2.45, 2.75) is 19.8 Å². The molecule has 0 spiro atoms. The summed E-state index contributed by atoms with van der Waals surface area (Å²) in [6.45, 7) is 16.0. The van der Waals surface area contributed by atoms with Crippen molar-refractivity contribution >= 4 is 92.6 Å². The maximum absolute atomic E-state index is 9.28. The third kappa shape index (κ3) is 7.14. The third-order valence-corrected chi connectivity index (χ3v) is 8.14. The Bertz CT molecular complexity index is 1870. The molecule has 2 heterocycles. The van der Waals surface area contributed by atoms with Crippen LogP contribution in [0, 0.1) is 42.7 Å². The largest absolute Gasteiger partial charge is 0.260 e. The molecular formula is C27H11Cl7N8. The molecule has 0 aliphatic carbocycles. The van der Waals surface area contributed by atoms with E-state index < -0.39 is 0 Å². The van der Waals surface area contributed by atoms with Crippen LogP contribution in [0.5, 0.6) is 0 Å². The molecule has 8 nitrogen and oxygen atoms in total. The lowest BCUT2D eigenvalue weighted by atomic mass is 10.0. The first-order valence-electron chi connectivity index (χ1n) is 11.2. The van der Waals surface area contributed by atoms with E-state index in [2.05, 4.69) is 29.9 Å². The number of nitrogens with zero attached hydrogens (tertiary/aromatic N) is 8. The zero-order chi connectivity index (χ0) is 31.1. The van der Waals surface area contributed by atoms with Crippen LogP contribution in [0.3, 0.4) is 0 Å². The average Bonchev–Trinajstić information content (AvgIpc) is 2.97. The Kier molecular flexibility index (Phi) is 11.6. The van der Waals surface area contributed by atoms with E-state index in [-0.39, 0.29) is 70.6 Å². The van der Waals surface area contributed by atoms with Gasteiger partial charge < -0.3 is 0 Å². The van der Waals surface area contributed by atoms with Gasteiger partial charge in [0.25, 0.3) is 0 Å². The topological polar surface area (TPSA) is 108 Å². The third-order valence-electron chi connectivity index (χ3n) is 5.46. The summed E-state index contributed by atoms with van der Waals surface area (Å²) >= 11 is 42.3. The molecular weight excluding hydrogens is 685 g/mol. The van der Waals surface area contributed by atoms with E-state index in [0.29, 0.717) is 22.5 Å². The molecule has 0 aliphatic heterocycles. The van der Waals surface area contributed by atoms with Crippen LogP contribution in [-0.2, 0) is 12.8 Å². The molecule has 0 saturated carbocycles. The molecule has 0 unspecified atom stereocenters. The first-order chi connectivity index (χ1) is 20.0. The normalized spacial score (nSPS) is 10.0. The minimum absolute atomic E-state index is 0.0111. The first kappa shape index (κ1) is 33.1. The van der Waals surface area contributed by atoms with Crippen molar-refractivity contribution < 1.29 is 0 Å². The molecule has 42 heavy (non-hydrogen) atoms. The number of rotatable bonds is 4. The van der Waals surface area contributed by atoms with Crippen LogP contribution in [-0.4, -0.2) is 20.2 Å². The van der Waals surface area contributed by atoms with Crippen molar-refractivity contribution in [3.8, 4) is 12.1 Å². The summed E-state index contributed by atoms with van der Waals surface area (Å²) in [5, 5.41) is 27.0. The minimum atomic E-state index is -0.0409. The van der Waals surface area contributed by atoms with Gasteiger partial charge in [0.1, 0.15) is 5.15 Å². The molecule has 0 N–H and O–H groups in total. The Labute approximate surface area is 275 Å². The fourth-order valence-corrected chi connectivity index (χ4v) is 5.35. The molecule has 0 atom stereocenters. The van der Waals surface area contributed by atoms with Gasteiger partial charge in [0, 0.05) is 19.0 Å². The van der Waals surface area contributed by atoms with Crippen LogP contribution < -0.4 is 0 Å². The molecule has 4 rings (SSSR count). The summed E-state index contributed by atoms with van der Waals surface area (Å²) in [5.74, 6) is 0. The predicted molar refractivity (Wildman–Crippen MR) is 164 cm³/mol. The second-order valence-electron chi connectivity index (χ2n) is 8.09. The number of nitriles is 2. The fourth-order valence-electron chi connectivity index (χ4n) is 3.50. The fraction of sp³-hybridized carbons (Fsp3) is 0.111. The van der Waals surface area contributed by atoms with Crippen LogP contribution in [0.4, 0.5) is 11.4 Å². The first-order valence-corrected chi connectivity index (χ1v) is 13.8. The van der Waals surface area contributed by atoms with Crippen molar-refractivity contribution in [2.24, 2.45) is 0 Å². The summed E-state index contributed by atoms with van der Waals surface area (Å²) in [4.78, 5) is 14.4. The molecule has 2 aromatic heterocycles. The molecule has 0 saturated heterocycles. The minimum Gasteiger partial charge on any atom is -0.260 e. The smallest absolute Gasteiger partial charge is 0.226 e. The van der Waals surface area contributed by atoms with Crippen molar-refractivity contribution in [3.63, 3.8) is 0 Å². The van der Waals surface area contributed by atoms with Crippen LogP contribution in [0.25, 0.3) is 9.69 Å². The van der Waals surface area contributed by atoms with E-state index >= 15 is 0 Å². The molecule has 0 bridgehead atoms. The van der Waals surface area contributed by atoms with E-state index in [1.807, 2.05) is 19.1 Å². The summed E-state index contributed by atoms with van der Waals surface area (Å²) in [6, 6.07) is 7.50. The number of hydrogen-bond donors (Lipinski definition) is 0. The molecule has 4 aromatic rings. The summed E-state index contributed by atoms with van der Waals surface area (Å²) in [7, 11) is 0. The SMILES string of the molecule is [C-]#[N+]c1c(Cl)c(Cl)c(Cc2ccc(C)nn2)c(C#N)c1Cl.[C-]#[N+]c1c(Cl)c(Cl)c(Cc2cncc(Cl)n2)c(C#N)c1Cl. The molecule has 208 valence electrons. The van der Waals surface area contributed by atoms with Crippen molar-refractivity contribution in [2.75, 3.05) is 0 Å². The number of aromatic nitrogens is 4. The number of hydrogen-bond acceptors (Lipinski definition) is 6. The lowest BCUT2D eigenvalue weighted by molar-refractivity contribution is 0.906. The zero-order valence-electron chi connectivity index (χ0n) is 20.9. The Balaban J connectivity index is 0.000000230. The molecule has 0 aliphatic rings. The highest BCUT2D eigenvalue weighted by atomic mass is 35.5. The maximum atomic E-state index is 9.28. The van der Waals surface area contributed by atoms with Gasteiger partial charge in [0.2, 0.25) is 11.4 Å². The van der Waals surface area contributed by atoms with Gasteiger partial charge in [-0.05, 0) is 30.2 Å². The van der Waals surface area contributed by atoms with E-state index in [9.17, 15) is 10.5 Å². The molecule has 0 amide bonds. The van der Waals surface area contributed by atoms with Gasteiger partial charge in [-0.1, -0.05) is 81.2 Å². The Morgan fingerprint density at radius 1 is 0.690 bits per heavy atom. The highest BCUT2D eigenvalue weighted by Gasteiger charge is 2.23. The lowest BCUT2D eigenvalue weighted by Gasteiger charge is -2.12. The average molecular weight is 696 g/mol. The van der Waals surface area contributed by atoms with E-state index in [1.54, 1.807) is 12.1 Å². The summed E-state index contributed by atoms with van der Waals surface area (Å²) in [6.07, 6.45) is 3.31. The monoisotopic (exact) mass is 692 g/mol. The Morgan fingerprint density at radius 3 is 1.60 bits per heavy atom. The van der Waals surface area contributed by atoms with Gasteiger partial charge in [0.15, 0.2) is 0 Å². The zero-order valence-corrected chi connectivity index (χ0v) is 26.2. The standard InChI is InChI=1S/C14H7Cl3N4.C13H4Cl4N4/c1-7-3-4-8(21-20-7)5-9-10(6-18)12(16)14(19-2)13(17)11(9)15;1-19-13-11(16)8(3-18)7(10(15)12(13)17)2-6-4-20-5-9(14)21-6/h3-4H,5H2,1H3;4-5H,2H2. The van der Waals surface area contributed by atoms with E-state index in [0.717, 1.165) is 5.69 Å². The summed E-state index contributed by atoms with van der Waals surface area (Å²) in [5.41, 5.74) is 2.92. The van der Waals surface area contributed by atoms with Crippen LogP contribution >= 0.6 is 81.2 Å². The molecule has 0 fully saturated rings. The van der Waals surface area contributed by atoms with Crippen LogP contribution in [0.2, 0.25) is 35.3 Å². The van der Waals surface area contributed by atoms with Crippen molar-refractivity contribution in [1.82, 2.24) is 20.2 Å². The van der Waals surface area contributed by atoms with Gasteiger partial charge in [0.05, 0.1) is 89.8 Å². The van der Waals surface area contributed by atoms with Gasteiger partial charge in [-0.3, -0.25) is 4.98 Å². The quantitative estimate of drug-likeness (QED) is 0.155. The van der Waals surface area contributed by atoms with Gasteiger partial charge in [-0.15, -0.1) is 0 Å². The second-order valence-corrected chi connectivity index (χ2v) is 10.7. The lowest BCUT2D eigenvalue weighted by Crippen LogP contribution is -2.00. The van der Waals surface area contributed by atoms with Gasteiger partial charge in [-0.2, -0.15) is 20.7 Å². The number of halogens is 7. The van der Waals surface area contributed by atoms with Gasteiger partial charge in [-0.25, -0.2) is 14.7 Å². The van der Waals surface area contributed by atoms with Crippen molar-refractivity contribution in [3.05, 3.63) is 122 Å². The maximum Gasteiger partial charge on any atom is 0.226 e. The number of aryl methyl sites for hydroxylation is 1. The highest BCUT2D eigenvalue weighted by Crippen LogP contribution is 2.45. The number of benzene rings is 2. The van der Waals surface area contributed by atoms with E-state index in [4.69, 9.17) is 94.4 Å². The molecule has 2 aromatic carbocycles. The molecule has 0 radical (unpaired) electrons. The highest BCUT2D eigenvalue weighted by molar-refractivity contribution is 6.48. The Morgan fingerprint density at radius 2 is 1.19 bits per heavy atom. The van der Waals surface area contributed by atoms with E-state index in [1.165, 1.54) is 12.4 Å². The Hall–Kier alpha value is -3.41. The van der Waals surface area contributed by atoms with Crippen LogP contribution in [0.15, 0.2) is 24.5 Å². The molecule has 15 heteroatoms. The predicted octanol–water partition coefficient (Wildman–Crippen LogP) is 9.86. The summed E-state index contributed by atoms with van der Waals surface area (Å²) < 4.78 is 0.